The summed E-state index contributed by atoms with van der Waals surface area (Å²) in [6.45, 7) is 0. The number of pyridine rings is 1. The molecule has 2 aromatic heterocycles. The number of hydrogen-bond donors (Lipinski definition) is 0. The van der Waals surface area contributed by atoms with Crippen LogP contribution in [0.3, 0.4) is 0 Å². The molecule has 0 unspecified atom stereocenters. The van der Waals surface area contributed by atoms with Gasteiger partial charge in [-0.05, 0) is 30.3 Å². The summed E-state index contributed by atoms with van der Waals surface area (Å²) in [5.41, 5.74) is 3.23. The largest absolute Gasteiger partial charge is 0.493 e. The first-order valence-corrected chi connectivity index (χ1v) is 8.21. The Balaban J connectivity index is 1.82. The van der Waals surface area contributed by atoms with E-state index in [1.165, 1.54) is 0 Å². The lowest BCUT2D eigenvalue weighted by molar-refractivity contribution is 0.356. The van der Waals surface area contributed by atoms with E-state index >= 15 is 0 Å². The first-order chi connectivity index (χ1) is 12.8. The summed E-state index contributed by atoms with van der Waals surface area (Å²) in [5.74, 6) is 1.91. The number of benzene rings is 2. The molecular formula is C21H17N3O2. The quantitative estimate of drug-likeness (QED) is 0.550. The van der Waals surface area contributed by atoms with Crippen molar-refractivity contribution in [3.05, 3.63) is 66.9 Å². The van der Waals surface area contributed by atoms with E-state index in [1.807, 2.05) is 66.9 Å². The van der Waals surface area contributed by atoms with E-state index in [1.54, 1.807) is 14.2 Å². The summed E-state index contributed by atoms with van der Waals surface area (Å²) in [6, 6.07) is 19.4. The predicted molar refractivity (Wildman–Crippen MR) is 101 cm³/mol. The Kier molecular flexibility index (Phi) is 4.19. The zero-order valence-electron chi connectivity index (χ0n) is 14.5. The van der Waals surface area contributed by atoms with Crippen molar-refractivity contribution in [3.63, 3.8) is 0 Å². The topological polar surface area (TPSA) is 57.1 Å². The maximum Gasteiger partial charge on any atom is 0.178 e. The summed E-state index contributed by atoms with van der Waals surface area (Å²) in [4.78, 5) is 13.8. The third kappa shape index (κ3) is 2.84. The van der Waals surface area contributed by atoms with Crippen LogP contribution in [0.5, 0.6) is 11.5 Å². The Bertz CT molecular complexity index is 1080. The van der Waals surface area contributed by atoms with E-state index in [9.17, 15) is 0 Å². The van der Waals surface area contributed by atoms with Gasteiger partial charge in [-0.2, -0.15) is 0 Å². The molecule has 2 heterocycles. The van der Waals surface area contributed by atoms with Gasteiger partial charge in [0, 0.05) is 17.1 Å². The van der Waals surface area contributed by atoms with Gasteiger partial charge in [-0.3, -0.25) is 0 Å². The molecule has 2 aromatic carbocycles. The van der Waals surface area contributed by atoms with Gasteiger partial charge in [0.25, 0.3) is 0 Å². The highest BCUT2D eigenvalue weighted by molar-refractivity contribution is 5.79. The molecule has 0 aliphatic heterocycles. The Labute approximate surface area is 151 Å². The van der Waals surface area contributed by atoms with E-state index in [0.29, 0.717) is 23.0 Å². The summed E-state index contributed by atoms with van der Waals surface area (Å²) in [7, 11) is 3.24. The molecule has 26 heavy (non-hydrogen) atoms. The van der Waals surface area contributed by atoms with Crippen molar-refractivity contribution in [1.82, 2.24) is 15.0 Å². The predicted octanol–water partition coefficient (Wildman–Crippen LogP) is 4.38. The van der Waals surface area contributed by atoms with E-state index in [-0.39, 0.29) is 0 Å². The number of ether oxygens (including phenoxy) is 2. The second kappa shape index (κ2) is 6.80. The number of aromatic nitrogens is 3. The minimum atomic E-state index is 0.590. The molecule has 0 radical (unpaired) electrons. The van der Waals surface area contributed by atoms with Crippen molar-refractivity contribution >= 4 is 10.9 Å². The van der Waals surface area contributed by atoms with Crippen molar-refractivity contribution in [2.75, 3.05) is 14.2 Å². The second-order valence-electron chi connectivity index (χ2n) is 5.70. The molecule has 0 saturated heterocycles. The summed E-state index contributed by atoms with van der Waals surface area (Å²) in [5, 5.41) is 1.00. The van der Waals surface area contributed by atoms with Gasteiger partial charge in [-0.15, -0.1) is 0 Å². The van der Waals surface area contributed by atoms with Crippen LogP contribution in [0.25, 0.3) is 33.7 Å². The van der Waals surface area contributed by atoms with Crippen molar-refractivity contribution in [1.29, 1.82) is 0 Å². The number of methoxy groups -OCH3 is 2. The lowest BCUT2D eigenvalue weighted by Crippen LogP contribution is -1.96. The van der Waals surface area contributed by atoms with Crippen molar-refractivity contribution in [2.24, 2.45) is 0 Å². The van der Waals surface area contributed by atoms with Crippen LogP contribution in [-0.2, 0) is 0 Å². The Morgan fingerprint density at radius 3 is 2.38 bits per heavy atom. The van der Waals surface area contributed by atoms with Crippen LogP contribution in [0, 0.1) is 0 Å². The van der Waals surface area contributed by atoms with Gasteiger partial charge < -0.3 is 9.47 Å². The standard InChI is InChI=1S/C21H17N3O2/c1-25-19-12-5-8-15(20(19)26-2)17-10-6-11-18(23-17)21-22-13-14-7-3-4-9-16(14)24-21/h3-13H,1-2H3. The molecule has 0 bridgehead atoms. The van der Waals surface area contributed by atoms with Crippen molar-refractivity contribution in [3.8, 4) is 34.3 Å². The fourth-order valence-corrected chi connectivity index (χ4v) is 2.89. The van der Waals surface area contributed by atoms with Gasteiger partial charge in [-0.1, -0.05) is 30.3 Å². The molecule has 4 aromatic rings. The van der Waals surface area contributed by atoms with Crippen LogP contribution in [0.4, 0.5) is 0 Å². The first kappa shape index (κ1) is 16.0. The van der Waals surface area contributed by atoms with Crippen LogP contribution < -0.4 is 9.47 Å². The second-order valence-corrected chi connectivity index (χ2v) is 5.70. The molecule has 128 valence electrons. The fraction of sp³-hybridized carbons (Fsp3) is 0.0952. The summed E-state index contributed by atoms with van der Waals surface area (Å²) >= 11 is 0. The fourth-order valence-electron chi connectivity index (χ4n) is 2.89. The molecule has 5 heteroatoms. The summed E-state index contributed by atoms with van der Waals surface area (Å²) < 4.78 is 10.9. The third-order valence-electron chi connectivity index (χ3n) is 4.15. The molecule has 0 atom stereocenters. The Morgan fingerprint density at radius 2 is 1.54 bits per heavy atom. The van der Waals surface area contributed by atoms with E-state index in [0.717, 1.165) is 22.2 Å². The number of para-hydroxylation sites is 2. The maximum absolute atomic E-state index is 5.53. The van der Waals surface area contributed by atoms with Gasteiger partial charge in [0.1, 0.15) is 5.69 Å². The molecule has 0 fully saturated rings. The Hall–Kier alpha value is -3.47. The smallest absolute Gasteiger partial charge is 0.178 e. The number of fused-ring (bicyclic) bond motifs is 1. The Morgan fingerprint density at radius 1 is 0.731 bits per heavy atom. The molecule has 0 aliphatic rings. The molecule has 0 spiro atoms. The molecular weight excluding hydrogens is 326 g/mol. The molecule has 0 N–H and O–H groups in total. The molecule has 4 rings (SSSR count). The van der Waals surface area contributed by atoms with Crippen LogP contribution in [0.2, 0.25) is 0 Å². The van der Waals surface area contributed by atoms with Gasteiger partial charge in [0.05, 0.1) is 25.4 Å². The van der Waals surface area contributed by atoms with Crippen molar-refractivity contribution < 1.29 is 9.47 Å². The SMILES string of the molecule is COc1cccc(-c2cccc(-c3ncc4ccccc4n3)n2)c1OC. The van der Waals surface area contributed by atoms with Crippen LogP contribution in [0.15, 0.2) is 66.9 Å². The summed E-state index contributed by atoms with van der Waals surface area (Å²) in [6.07, 6.45) is 1.82. The molecule has 0 aliphatic carbocycles. The van der Waals surface area contributed by atoms with E-state index < -0.39 is 0 Å². The third-order valence-corrected chi connectivity index (χ3v) is 4.15. The monoisotopic (exact) mass is 343 g/mol. The average molecular weight is 343 g/mol. The number of hydrogen-bond acceptors (Lipinski definition) is 5. The van der Waals surface area contributed by atoms with Gasteiger partial charge in [0.15, 0.2) is 17.3 Å². The molecule has 0 amide bonds. The first-order valence-electron chi connectivity index (χ1n) is 8.21. The van der Waals surface area contributed by atoms with Gasteiger partial charge >= 0.3 is 0 Å². The molecule has 0 saturated carbocycles. The number of nitrogens with zero attached hydrogens (tertiary/aromatic N) is 3. The zero-order valence-corrected chi connectivity index (χ0v) is 14.5. The van der Waals surface area contributed by atoms with Crippen LogP contribution >= 0.6 is 0 Å². The highest BCUT2D eigenvalue weighted by Crippen LogP contribution is 2.37. The van der Waals surface area contributed by atoms with Crippen molar-refractivity contribution in [2.45, 2.75) is 0 Å². The minimum Gasteiger partial charge on any atom is -0.493 e. The van der Waals surface area contributed by atoms with E-state index in [4.69, 9.17) is 14.5 Å². The zero-order chi connectivity index (χ0) is 17.9. The van der Waals surface area contributed by atoms with Gasteiger partial charge in [0.2, 0.25) is 0 Å². The highest BCUT2D eigenvalue weighted by Gasteiger charge is 2.14. The minimum absolute atomic E-state index is 0.590. The van der Waals surface area contributed by atoms with Gasteiger partial charge in [-0.25, -0.2) is 15.0 Å². The highest BCUT2D eigenvalue weighted by atomic mass is 16.5. The maximum atomic E-state index is 5.53. The lowest BCUT2D eigenvalue weighted by atomic mass is 10.1. The van der Waals surface area contributed by atoms with Crippen LogP contribution in [0.1, 0.15) is 0 Å². The van der Waals surface area contributed by atoms with E-state index in [2.05, 4.69) is 9.97 Å². The number of rotatable bonds is 4. The molecule has 5 nitrogen and oxygen atoms in total. The average Bonchev–Trinajstić information content (AvgIpc) is 2.72. The normalized spacial score (nSPS) is 10.7. The van der Waals surface area contributed by atoms with Crippen LogP contribution in [-0.4, -0.2) is 29.2 Å². The lowest BCUT2D eigenvalue weighted by Gasteiger charge is -2.12.